The van der Waals surface area contributed by atoms with E-state index < -0.39 is 0 Å². The number of carbonyl (C=O) groups excluding carboxylic acids is 2. The standard InChI is InChI=1S/C26H24N2O3/c1-18-8-12-20(13-9-18)23-24(27-21-6-4-3-5-7-21)26(30)28(25(23)29)17-16-19-10-14-22(31-2)15-11-19/h3-15,27H,16-17H2,1-2H3. The molecule has 2 amide bonds. The summed E-state index contributed by atoms with van der Waals surface area (Å²) in [6.07, 6.45) is 0.571. The molecule has 0 saturated carbocycles. The second-order valence-corrected chi connectivity index (χ2v) is 7.47. The highest BCUT2D eigenvalue weighted by Gasteiger charge is 2.38. The maximum absolute atomic E-state index is 13.3. The number of methoxy groups -OCH3 is 1. The van der Waals surface area contributed by atoms with Crippen molar-refractivity contribution in [3.8, 4) is 5.75 Å². The second-order valence-electron chi connectivity index (χ2n) is 7.47. The molecule has 0 unspecified atom stereocenters. The van der Waals surface area contributed by atoms with E-state index in [4.69, 9.17) is 4.74 Å². The van der Waals surface area contributed by atoms with Crippen LogP contribution < -0.4 is 10.1 Å². The first-order valence-electron chi connectivity index (χ1n) is 10.2. The van der Waals surface area contributed by atoms with Crippen LogP contribution in [0.3, 0.4) is 0 Å². The summed E-state index contributed by atoms with van der Waals surface area (Å²) in [5.74, 6) is 0.188. The van der Waals surface area contributed by atoms with Crippen molar-refractivity contribution >= 4 is 23.1 Å². The van der Waals surface area contributed by atoms with Crippen LogP contribution in [0.5, 0.6) is 5.75 Å². The summed E-state index contributed by atoms with van der Waals surface area (Å²) in [5.41, 5.74) is 4.34. The van der Waals surface area contributed by atoms with Crippen LogP contribution in [0, 0.1) is 6.92 Å². The van der Waals surface area contributed by atoms with Gasteiger partial charge in [0.2, 0.25) is 0 Å². The highest BCUT2D eigenvalue weighted by atomic mass is 16.5. The lowest BCUT2D eigenvalue weighted by molar-refractivity contribution is -0.136. The van der Waals surface area contributed by atoms with Gasteiger partial charge >= 0.3 is 0 Å². The van der Waals surface area contributed by atoms with Gasteiger partial charge in [-0.2, -0.15) is 0 Å². The fourth-order valence-electron chi connectivity index (χ4n) is 3.58. The smallest absolute Gasteiger partial charge is 0.278 e. The van der Waals surface area contributed by atoms with E-state index in [0.29, 0.717) is 24.2 Å². The minimum absolute atomic E-state index is 0.277. The minimum Gasteiger partial charge on any atom is -0.497 e. The predicted molar refractivity (Wildman–Crippen MR) is 122 cm³/mol. The predicted octanol–water partition coefficient (Wildman–Crippen LogP) is 4.44. The quantitative estimate of drug-likeness (QED) is 0.583. The van der Waals surface area contributed by atoms with Gasteiger partial charge in [0, 0.05) is 12.2 Å². The molecule has 5 nitrogen and oxygen atoms in total. The maximum atomic E-state index is 13.3. The van der Waals surface area contributed by atoms with Crippen LogP contribution in [0.4, 0.5) is 5.69 Å². The Balaban J connectivity index is 1.61. The number of nitrogens with one attached hydrogen (secondary N) is 1. The van der Waals surface area contributed by atoms with Gasteiger partial charge in [-0.3, -0.25) is 14.5 Å². The van der Waals surface area contributed by atoms with Gasteiger partial charge in [0.05, 0.1) is 12.7 Å². The van der Waals surface area contributed by atoms with Crippen molar-refractivity contribution in [2.45, 2.75) is 13.3 Å². The third-order valence-corrected chi connectivity index (χ3v) is 5.33. The Bertz CT molecular complexity index is 1120. The first kappa shape index (κ1) is 20.4. The van der Waals surface area contributed by atoms with E-state index in [0.717, 1.165) is 28.1 Å². The number of rotatable bonds is 7. The molecule has 0 bridgehead atoms. The Labute approximate surface area is 182 Å². The van der Waals surface area contributed by atoms with Crippen molar-refractivity contribution in [2.75, 3.05) is 19.0 Å². The topological polar surface area (TPSA) is 58.6 Å². The lowest BCUT2D eigenvalue weighted by Gasteiger charge is -2.15. The van der Waals surface area contributed by atoms with E-state index in [1.165, 1.54) is 4.90 Å². The van der Waals surface area contributed by atoms with Gasteiger partial charge in [-0.25, -0.2) is 0 Å². The summed E-state index contributed by atoms with van der Waals surface area (Å²) in [4.78, 5) is 27.9. The number of para-hydroxylation sites is 1. The average Bonchev–Trinajstić information content (AvgIpc) is 3.03. The summed E-state index contributed by atoms with van der Waals surface area (Å²) >= 11 is 0. The van der Waals surface area contributed by atoms with Crippen LogP contribution in [0.15, 0.2) is 84.6 Å². The number of nitrogens with zero attached hydrogens (tertiary/aromatic N) is 1. The van der Waals surface area contributed by atoms with Crippen molar-refractivity contribution in [1.29, 1.82) is 0 Å². The highest BCUT2D eigenvalue weighted by Crippen LogP contribution is 2.31. The van der Waals surface area contributed by atoms with E-state index in [9.17, 15) is 9.59 Å². The molecule has 0 aromatic heterocycles. The first-order valence-corrected chi connectivity index (χ1v) is 10.2. The molecule has 1 N–H and O–H groups in total. The molecule has 0 spiro atoms. The van der Waals surface area contributed by atoms with Gasteiger partial charge in [-0.1, -0.05) is 60.2 Å². The Kier molecular flexibility index (Phi) is 5.85. The number of ether oxygens (including phenoxy) is 1. The Morgan fingerprint density at radius 2 is 1.52 bits per heavy atom. The maximum Gasteiger partial charge on any atom is 0.278 e. The number of amides is 2. The van der Waals surface area contributed by atoms with Crippen LogP contribution in [0.1, 0.15) is 16.7 Å². The molecule has 0 aliphatic carbocycles. The Morgan fingerprint density at radius 1 is 0.839 bits per heavy atom. The van der Waals surface area contributed by atoms with E-state index in [1.54, 1.807) is 7.11 Å². The van der Waals surface area contributed by atoms with Gasteiger partial charge in [0.25, 0.3) is 11.8 Å². The fourth-order valence-corrected chi connectivity index (χ4v) is 3.58. The monoisotopic (exact) mass is 412 g/mol. The largest absolute Gasteiger partial charge is 0.497 e. The molecular weight excluding hydrogens is 388 g/mol. The Hall–Kier alpha value is -3.86. The zero-order chi connectivity index (χ0) is 21.8. The summed E-state index contributed by atoms with van der Waals surface area (Å²) < 4.78 is 5.19. The molecule has 3 aromatic carbocycles. The molecule has 5 heteroatoms. The molecule has 0 saturated heterocycles. The summed E-state index contributed by atoms with van der Waals surface area (Å²) in [6, 6.07) is 24.7. The highest BCUT2D eigenvalue weighted by molar-refractivity contribution is 6.36. The molecule has 0 fully saturated rings. The normalized spacial score (nSPS) is 13.7. The summed E-state index contributed by atoms with van der Waals surface area (Å²) in [7, 11) is 1.62. The van der Waals surface area contributed by atoms with Crippen LogP contribution >= 0.6 is 0 Å². The molecule has 31 heavy (non-hydrogen) atoms. The van der Waals surface area contributed by atoms with Gasteiger partial charge in [0.15, 0.2) is 0 Å². The van der Waals surface area contributed by atoms with Crippen molar-refractivity contribution < 1.29 is 14.3 Å². The van der Waals surface area contributed by atoms with Crippen LogP contribution in [0.2, 0.25) is 0 Å². The van der Waals surface area contributed by atoms with E-state index in [-0.39, 0.29) is 11.8 Å². The van der Waals surface area contributed by atoms with E-state index in [1.807, 2.05) is 85.8 Å². The van der Waals surface area contributed by atoms with Crippen molar-refractivity contribution in [3.05, 3.63) is 101 Å². The van der Waals surface area contributed by atoms with Gasteiger partial charge in [0.1, 0.15) is 11.4 Å². The molecule has 156 valence electrons. The number of carbonyl (C=O) groups is 2. The van der Waals surface area contributed by atoms with Crippen molar-refractivity contribution in [1.82, 2.24) is 4.90 Å². The SMILES string of the molecule is COc1ccc(CCN2C(=O)C(Nc3ccccc3)=C(c3ccc(C)cc3)C2=O)cc1. The van der Waals surface area contributed by atoms with E-state index in [2.05, 4.69) is 5.32 Å². The first-order chi connectivity index (χ1) is 15.1. The fraction of sp³-hybridized carbons (Fsp3) is 0.154. The van der Waals surface area contributed by atoms with Crippen LogP contribution in [0.25, 0.3) is 5.57 Å². The third-order valence-electron chi connectivity index (χ3n) is 5.33. The number of imide groups is 1. The van der Waals surface area contributed by atoms with Gasteiger partial charge in [-0.05, 0) is 48.7 Å². The van der Waals surface area contributed by atoms with Gasteiger partial charge < -0.3 is 10.1 Å². The number of hydrogen-bond donors (Lipinski definition) is 1. The lowest BCUT2D eigenvalue weighted by atomic mass is 10.0. The summed E-state index contributed by atoms with van der Waals surface area (Å²) in [5, 5.41) is 3.18. The summed E-state index contributed by atoms with van der Waals surface area (Å²) in [6.45, 7) is 2.30. The molecule has 1 aliphatic heterocycles. The average molecular weight is 412 g/mol. The minimum atomic E-state index is -0.307. The lowest BCUT2D eigenvalue weighted by Crippen LogP contribution is -2.34. The molecular formula is C26H24N2O3. The molecule has 1 aliphatic rings. The Morgan fingerprint density at radius 3 is 2.16 bits per heavy atom. The molecule has 1 heterocycles. The number of aryl methyl sites for hydroxylation is 1. The molecule has 0 atom stereocenters. The zero-order valence-electron chi connectivity index (χ0n) is 17.6. The molecule has 0 radical (unpaired) electrons. The van der Waals surface area contributed by atoms with Crippen LogP contribution in [-0.2, 0) is 16.0 Å². The zero-order valence-corrected chi connectivity index (χ0v) is 17.6. The number of hydrogen-bond acceptors (Lipinski definition) is 4. The molecule has 4 rings (SSSR count). The number of anilines is 1. The third kappa shape index (κ3) is 4.36. The second kappa shape index (κ2) is 8.88. The van der Waals surface area contributed by atoms with E-state index >= 15 is 0 Å². The number of benzene rings is 3. The van der Waals surface area contributed by atoms with Gasteiger partial charge in [-0.15, -0.1) is 0 Å². The van der Waals surface area contributed by atoms with Crippen LogP contribution in [-0.4, -0.2) is 30.4 Å². The molecule has 3 aromatic rings. The van der Waals surface area contributed by atoms with Crippen molar-refractivity contribution in [2.24, 2.45) is 0 Å². The van der Waals surface area contributed by atoms with Crippen molar-refractivity contribution in [3.63, 3.8) is 0 Å².